The number of carbonyl (C=O) groups is 2. The van der Waals surface area contributed by atoms with Crippen molar-refractivity contribution in [3.63, 3.8) is 0 Å². The summed E-state index contributed by atoms with van der Waals surface area (Å²) < 4.78 is 5.81. The van der Waals surface area contributed by atoms with Crippen LogP contribution < -0.4 is 0 Å². The van der Waals surface area contributed by atoms with E-state index in [4.69, 9.17) is 4.42 Å². The Morgan fingerprint density at radius 3 is 2.37 bits per heavy atom. The molecular weight excluding hydrogens is 344 g/mol. The molecule has 0 radical (unpaired) electrons. The summed E-state index contributed by atoms with van der Waals surface area (Å²) in [5, 5.41) is 0. The summed E-state index contributed by atoms with van der Waals surface area (Å²) in [5.74, 6) is 1.29. The summed E-state index contributed by atoms with van der Waals surface area (Å²) in [4.78, 5) is 32.3. The number of furan rings is 1. The Labute approximate surface area is 161 Å². The van der Waals surface area contributed by atoms with Crippen molar-refractivity contribution in [1.82, 2.24) is 19.6 Å². The molecule has 0 aliphatic carbocycles. The Bertz CT molecular complexity index is 631. The van der Waals surface area contributed by atoms with Crippen LogP contribution >= 0.6 is 0 Å². The van der Waals surface area contributed by atoms with Gasteiger partial charge in [-0.3, -0.25) is 14.5 Å². The van der Waals surface area contributed by atoms with Gasteiger partial charge in [0.25, 0.3) is 5.91 Å². The number of carbonyl (C=O) groups excluding carboxylic acids is 2. The van der Waals surface area contributed by atoms with E-state index >= 15 is 0 Å². The number of piperidine rings is 1. The highest BCUT2D eigenvalue weighted by atomic mass is 16.4. The number of nitrogens with zero attached hydrogens (tertiary/aromatic N) is 4. The van der Waals surface area contributed by atoms with E-state index in [1.807, 2.05) is 18.0 Å². The number of rotatable bonds is 6. The van der Waals surface area contributed by atoms with Gasteiger partial charge in [-0.2, -0.15) is 0 Å². The second-order valence-electron chi connectivity index (χ2n) is 7.68. The molecule has 0 atom stereocenters. The first-order chi connectivity index (χ1) is 13.0. The standard InChI is InChI=1S/C20H32N4O3/c1-17(25)24-14-12-23(13-15-24)16-18-6-7-19(27-18)20(26)21(2)10-11-22-8-4-3-5-9-22/h6-7H,3-5,8-16H2,1-2H3. The number of hydrogen-bond donors (Lipinski definition) is 0. The van der Waals surface area contributed by atoms with E-state index in [1.54, 1.807) is 17.9 Å². The summed E-state index contributed by atoms with van der Waals surface area (Å²) in [6.45, 7) is 9.39. The van der Waals surface area contributed by atoms with Gasteiger partial charge in [0.1, 0.15) is 5.76 Å². The molecule has 27 heavy (non-hydrogen) atoms. The summed E-state index contributed by atoms with van der Waals surface area (Å²) >= 11 is 0. The molecule has 2 fully saturated rings. The van der Waals surface area contributed by atoms with E-state index in [0.29, 0.717) is 12.3 Å². The molecule has 150 valence electrons. The van der Waals surface area contributed by atoms with Gasteiger partial charge >= 0.3 is 0 Å². The van der Waals surface area contributed by atoms with Crippen molar-refractivity contribution in [1.29, 1.82) is 0 Å². The molecule has 0 spiro atoms. The average Bonchev–Trinajstić information content (AvgIpc) is 3.15. The predicted molar refractivity (Wildman–Crippen MR) is 103 cm³/mol. The fourth-order valence-corrected chi connectivity index (χ4v) is 3.78. The third-order valence-corrected chi connectivity index (χ3v) is 5.62. The Morgan fingerprint density at radius 2 is 1.70 bits per heavy atom. The van der Waals surface area contributed by atoms with Gasteiger partial charge in [0, 0.05) is 53.2 Å². The molecular formula is C20H32N4O3. The van der Waals surface area contributed by atoms with E-state index in [1.165, 1.54) is 19.3 Å². The quantitative estimate of drug-likeness (QED) is 0.753. The molecule has 0 saturated carbocycles. The van der Waals surface area contributed by atoms with E-state index in [9.17, 15) is 9.59 Å². The van der Waals surface area contributed by atoms with Crippen molar-refractivity contribution in [2.75, 3.05) is 59.4 Å². The second kappa shape index (κ2) is 9.37. The molecule has 1 aromatic rings. The van der Waals surface area contributed by atoms with Gasteiger partial charge in [-0.15, -0.1) is 0 Å². The second-order valence-corrected chi connectivity index (χ2v) is 7.68. The van der Waals surface area contributed by atoms with Crippen LogP contribution in [-0.4, -0.2) is 90.8 Å². The van der Waals surface area contributed by atoms with Crippen LogP contribution in [0.1, 0.15) is 42.5 Å². The van der Waals surface area contributed by atoms with Crippen LogP contribution in [0, 0.1) is 0 Å². The first-order valence-corrected chi connectivity index (χ1v) is 10.1. The zero-order valence-corrected chi connectivity index (χ0v) is 16.7. The highest BCUT2D eigenvalue weighted by Gasteiger charge is 2.21. The molecule has 2 aliphatic heterocycles. The third kappa shape index (κ3) is 5.56. The largest absolute Gasteiger partial charge is 0.455 e. The molecule has 1 aromatic heterocycles. The summed E-state index contributed by atoms with van der Waals surface area (Å²) in [5.41, 5.74) is 0. The minimum absolute atomic E-state index is 0.0559. The average molecular weight is 377 g/mol. The molecule has 0 unspecified atom stereocenters. The van der Waals surface area contributed by atoms with Gasteiger partial charge in [-0.25, -0.2) is 0 Å². The molecule has 3 rings (SSSR count). The lowest BCUT2D eigenvalue weighted by molar-refractivity contribution is -0.130. The Balaban J connectivity index is 1.45. The van der Waals surface area contributed by atoms with Crippen molar-refractivity contribution in [2.45, 2.75) is 32.7 Å². The van der Waals surface area contributed by atoms with Crippen molar-refractivity contribution in [3.8, 4) is 0 Å². The van der Waals surface area contributed by atoms with E-state index in [-0.39, 0.29) is 11.8 Å². The smallest absolute Gasteiger partial charge is 0.289 e. The lowest BCUT2D eigenvalue weighted by Crippen LogP contribution is -2.47. The highest BCUT2D eigenvalue weighted by molar-refractivity contribution is 5.91. The summed E-state index contributed by atoms with van der Waals surface area (Å²) in [7, 11) is 1.84. The normalized spacial score (nSPS) is 19.3. The molecule has 0 aromatic carbocycles. The van der Waals surface area contributed by atoms with Crippen LogP contribution in [0.25, 0.3) is 0 Å². The van der Waals surface area contributed by atoms with Gasteiger partial charge in [-0.1, -0.05) is 6.42 Å². The van der Waals surface area contributed by atoms with Crippen molar-refractivity contribution in [3.05, 3.63) is 23.7 Å². The molecule has 2 amide bonds. The van der Waals surface area contributed by atoms with Crippen LogP contribution in [0.15, 0.2) is 16.5 Å². The Kier molecular flexibility index (Phi) is 6.90. The highest BCUT2D eigenvalue weighted by Crippen LogP contribution is 2.14. The first-order valence-electron chi connectivity index (χ1n) is 10.1. The van der Waals surface area contributed by atoms with Gasteiger partial charge in [-0.05, 0) is 38.1 Å². The molecule has 0 N–H and O–H groups in total. The zero-order valence-electron chi connectivity index (χ0n) is 16.7. The van der Waals surface area contributed by atoms with Crippen LogP contribution in [-0.2, 0) is 11.3 Å². The lowest BCUT2D eigenvalue weighted by atomic mass is 10.1. The Morgan fingerprint density at radius 1 is 1.00 bits per heavy atom. The van der Waals surface area contributed by atoms with E-state index < -0.39 is 0 Å². The molecule has 2 aliphatic rings. The first kappa shape index (κ1) is 19.9. The number of amides is 2. The summed E-state index contributed by atoms with van der Waals surface area (Å²) in [6, 6.07) is 3.67. The number of likely N-dealkylation sites (tertiary alicyclic amines) is 1. The van der Waals surface area contributed by atoms with Gasteiger partial charge in [0.05, 0.1) is 6.54 Å². The van der Waals surface area contributed by atoms with E-state index in [2.05, 4.69) is 9.80 Å². The van der Waals surface area contributed by atoms with E-state index in [0.717, 1.165) is 58.1 Å². The van der Waals surface area contributed by atoms with Gasteiger partial charge in [0.2, 0.25) is 5.91 Å². The van der Waals surface area contributed by atoms with Crippen LogP contribution in [0.4, 0.5) is 0 Å². The van der Waals surface area contributed by atoms with Gasteiger partial charge in [0.15, 0.2) is 5.76 Å². The SMILES string of the molecule is CC(=O)N1CCN(Cc2ccc(C(=O)N(C)CCN3CCCCC3)o2)CC1. The molecule has 7 nitrogen and oxygen atoms in total. The van der Waals surface area contributed by atoms with Crippen LogP contribution in [0.5, 0.6) is 0 Å². The fourth-order valence-electron chi connectivity index (χ4n) is 3.78. The molecule has 7 heteroatoms. The maximum absolute atomic E-state index is 12.6. The van der Waals surface area contributed by atoms with Gasteiger partial charge < -0.3 is 19.1 Å². The number of piperazine rings is 1. The molecule has 3 heterocycles. The minimum atomic E-state index is -0.0559. The fraction of sp³-hybridized carbons (Fsp3) is 0.700. The number of hydrogen-bond acceptors (Lipinski definition) is 5. The maximum atomic E-state index is 12.6. The van der Waals surface area contributed by atoms with Crippen LogP contribution in [0.3, 0.4) is 0 Å². The maximum Gasteiger partial charge on any atom is 0.289 e. The number of likely N-dealkylation sites (N-methyl/N-ethyl adjacent to an activating group) is 1. The third-order valence-electron chi connectivity index (χ3n) is 5.62. The minimum Gasteiger partial charge on any atom is -0.455 e. The lowest BCUT2D eigenvalue weighted by Gasteiger charge is -2.33. The molecule has 0 bridgehead atoms. The van der Waals surface area contributed by atoms with Crippen molar-refractivity contribution < 1.29 is 14.0 Å². The monoisotopic (exact) mass is 376 g/mol. The molecule has 2 saturated heterocycles. The Hall–Kier alpha value is -1.86. The van der Waals surface area contributed by atoms with Crippen LogP contribution in [0.2, 0.25) is 0 Å². The summed E-state index contributed by atoms with van der Waals surface area (Å²) in [6.07, 6.45) is 3.85. The zero-order chi connectivity index (χ0) is 19.2. The van der Waals surface area contributed by atoms with Crippen molar-refractivity contribution in [2.24, 2.45) is 0 Å². The topological polar surface area (TPSA) is 60.2 Å². The predicted octanol–water partition coefficient (Wildman–Crippen LogP) is 1.50. The van der Waals surface area contributed by atoms with Crippen molar-refractivity contribution >= 4 is 11.8 Å².